The first-order valence-electron chi connectivity index (χ1n) is 10.2. The van der Waals surface area contributed by atoms with Gasteiger partial charge in [0.05, 0.1) is 23.8 Å². The van der Waals surface area contributed by atoms with Crippen LogP contribution in [0.4, 0.5) is 0 Å². The zero-order valence-corrected chi connectivity index (χ0v) is 17.3. The second-order valence-corrected chi connectivity index (χ2v) is 7.88. The molecule has 0 N–H and O–H groups in total. The summed E-state index contributed by atoms with van der Waals surface area (Å²) in [5.41, 5.74) is 5.98. The first kappa shape index (κ1) is 19.5. The van der Waals surface area contributed by atoms with E-state index in [0.717, 1.165) is 46.1 Å². The second kappa shape index (κ2) is 8.29. The summed E-state index contributed by atoms with van der Waals surface area (Å²) < 4.78 is 6.03. The molecule has 1 aromatic carbocycles. The smallest absolute Gasteiger partial charge is 0.254 e. The highest BCUT2D eigenvalue weighted by atomic mass is 16.5. The number of carbonyl (C=O) groups excluding carboxylic acids is 1. The van der Waals surface area contributed by atoms with E-state index in [1.165, 1.54) is 5.56 Å². The van der Waals surface area contributed by atoms with Gasteiger partial charge in [-0.05, 0) is 62.4 Å². The molecule has 0 atom stereocenters. The molecule has 0 unspecified atom stereocenters. The van der Waals surface area contributed by atoms with Crippen molar-refractivity contribution in [1.82, 2.24) is 14.9 Å². The minimum atomic E-state index is 0.0921. The van der Waals surface area contributed by atoms with Gasteiger partial charge in [0.1, 0.15) is 0 Å². The van der Waals surface area contributed by atoms with Crippen LogP contribution in [0.1, 0.15) is 45.6 Å². The lowest BCUT2D eigenvalue weighted by Crippen LogP contribution is -2.41. The van der Waals surface area contributed by atoms with Gasteiger partial charge in [-0.1, -0.05) is 18.2 Å². The number of nitrogens with zero attached hydrogens (tertiary/aromatic N) is 3. The van der Waals surface area contributed by atoms with E-state index in [0.29, 0.717) is 19.7 Å². The second-order valence-electron chi connectivity index (χ2n) is 7.88. The average Bonchev–Trinajstić information content (AvgIpc) is 2.75. The topological polar surface area (TPSA) is 55.3 Å². The van der Waals surface area contributed by atoms with Crippen LogP contribution >= 0.6 is 0 Å². The lowest BCUT2D eigenvalue weighted by atomic mass is 9.99. The first-order chi connectivity index (χ1) is 14.0. The Kier molecular flexibility index (Phi) is 5.58. The first-order valence-corrected chi connectivity index (χ1v) is 10.2. The molecule has 3 heterocycles. The quantitative estimate of drug-likeness (QED) is 0.665. The number of aryl methyl sites for hydroxylation is 3. The molecule has 29 heavy (non-hydrogen) atoms. The Balaban J connectivity index is 1.45. The number of carbonyl (C=O) groups is 1. The van der Waals surface area contributed by atoms with E-state index in [-0.39, 0.29) is 12.0 Å². The van der Waals surface area contributed by atoms with E-state index in [1.54, 1.807) is 6.20 Å². The highest BCUT2D eigenvalue weighted by Crippen LogP contribution is 2.26. The number of likely N-dealkylation sites (tertiary alicyclic amines) is 1. The van der Waals surface area contributed by atoms with Gasteiger partial charge in [-0.2, -0.15) is 0 Å². The number of hydrogen-bond acceptors (Lipinski definition) is 4. The Labute approximate surface area is 171 Å². The Morgan fingerprint density at radius 1 is 1.17 bits per heavy atom. The number of piperidine rings is 1. The zero-order chi connectivity index (χ0) is 20.4. The molecule has 4 rings (SSSR count). The van der Waals surface area contributed by atoms with Crippen molar-refractivity contribution in [2.24, 2.45) is 0 Å². The highest BCUT2D eigenvalue weighted by molar-refractivity contribution is 6.07. The van der Waals surface area contributed by atoms with Crippen LogP contribution in [0.3, 0.4) is 0 Å². The van der Waals surface area contributed by atoms with Gasteiger partial charge in [-0.15, -0.1) is 0 Å². The van der Waals surface area contributed by atoms with E-state index in [4.69, 9.17) is 9.72 Å². The average molecular weight is 389 g/mol. The number of ether oxygens (including phenoxy) is 1. The maximum Gasteiger partial charge on any atom is 0.254 e. The van der Waals surface area contributed by atoms with Crippen LogP contribution in [0, 0.1) is 20.8 Å². The molecule has 0 bridgehead atoms. The van der Waals surface area contributed by atoms with E-state index in [2.05, 4.69) is 24.9 Å². The number of benzene rings is 1. The highest BCUT2D eigenvalue weighted by Gasteiger charge is 2.25. The fourth-order valence-corrected chi connectivity index (χ4v) is 3.93. The molecule has 1 amide bonds. The molecule has 3 aromatic rings. The third-order valence-electron chi connectivity index (χ3n) is 5.80. The van der Waals surface area contributed by atoms with Gasteiger partial charge < -0.3 is 9.64 Å². The number of rotatable bonds is 4. The lowest BCUT2D eigenvalue weighted by Gasteiger charge is -2.32. The van der Waals surface area contributed by atoms with Gasteiger partial charge in [0.2, 0.25) is 0 Å². The van der Waals surface area contributed by atoms with Gasteiger partial charge in [0.15, 0.2) is 0 Å². The largest absolute Gasteiger partial charge is 0.373 e. The number of amides is 1. The van der Waals surface area contributed by atoms with E-state index in [1.807, 2.05) is 42.3 Å². The molecule has 5 nitrogen and oxygen atoms in total. The predicted molar refractivity (Wildman–Crippen MR) is 114 cm³/mol. The van der Waals surface area contributed by atoms with Crippen LogP contribution in [-0.4, -0.2) is 40.0 Å². The standard InChI is InChI=1S/C24H27N3O2/c1-16-6-7-21-22(13-17(2)26-23(21)18(16)3)24(28)27-11-8-20(9-12-27)29-15-19-5-4-10-25-14-19/h4-7,10,13-14,20H,8-9,11-12,15H2,1-3H3. The van der Waals surface area contributed by atoms with Gasteiger partial charge in [-0.3, -0.25) is 14.8 Å². The van der Waals surface area contributed by atoms with Crippen LogP contribution < -0.4 is 0 Å². The third kappa shape index (κ3) is 4.15. The molecule has 1 aliphatic heterocycles. The Hall–Kier alpha value is -2.79. The lowest BCUT2D eigenvalue weighted by molar-refractivity contribution is -0.000428. The van der Waals surface area contributed by atoms with Gasteiger partial charge in [-0.25, -0.2) is 0 Å². The molecular formula is C24H27N3O2. The van der Waals surface area contributed by atoms with Crippen molar-refractivity contribution >= 4 is 16.8 Å². The van der Waals surface area contributed by atoms with Crippen molar-refractivity contribution in [3.05, 3.63) is 70.7 Å². The minimum Gasteiger partial charge on any atom is -0.373 e. The molecular weight excluding hydrogens is 362 g/mol. The summed E-state index contributed by atoms with van der Waals surface area (Å²) in [6, 6.07) is 9.96. The summed E-state index contributed by atoms with van der Waals surface area (Å²) in [5.74, 6) is 0.0921. The van der Waals surface area contributed by atoms with E-state index >= 15 is 0 Å². The fraction of sp³-hybridized carbons (Fsp3) is 0.375. The van der Waals surface area contributed by atoms with Crippen LogP contribution in [-0.2, 0) is 11.3 Å². The van der Waals surface area contributed by atoms with Crippen molar-refractivity contribution in [3.8, 4) is 0 Å². The van der Waals surface area contributed by atoms with Crippen molar-refractivity contribution in [3.63, 3.8) is 0 Å². The molecule has 0 radical (unpaired) electrons. The zero-order valence-electron chi connectivity index (χ0n) is 17.3. The van der Waals surface area contributed by atoms with Crippen molar-refractivity contribution in [2.75, 3.05) is 13.1 Å². The SMILES string of the molecule is Cc1cc(C(=O)N2CCC(OCc3cccnc3)CC2)c2ccc(C)c(C)c2n1. The van der Waals surface area contributed by atoms with Gasteiger partial charge >= 0.3 is 0 Å². The maximum absolute atomic E-state index is 13.3. The molecule has 5 heteroatoms. The summed E-state index contributed by atoms with van der Waals surface area (Å²) in [6.45, 7) is 8.10. The number of fused-ring (bicyclic) bond motifs is 1. The molecule has 0 spiro atoms. The number of aromatic nitrogens is 2. The summed E-state index contributed by atoms with van der Waals surface area (Å²) in [5, 5.41) is 0.943. The van der Waals surface area contributed by atoms with Crippen LogP contribution in [0.5, 0.6) is 0 Å². The Morgan fingerprint density at radius 3 is 2.69 bits per heavy atom. The van der Waals surface area contributed by atoms with Crippen LogP contribution in [0.2, 0.25) is 0 Å². The maximum atomic E-state index is 13.3. The minimum absolute atomic E-state index is 0.0921. The monoisotopic (exact) mass is 389 g/mol. The normalized spacial score (nSPS) is 15.1. The number of pyridine rings is 2. The molecule has 1 aliphatic rings. The predicted octanol–water partition coefficient (Wildman–Crippen LogP) is 4.38. The molecule has 150 valence electrons. The summed E-state index contributed by atoms with van der Waals surface area (Å²) >= 11 is 0. The van der Waals surface area contributed by atoms with E-state index < -0.39 is 0 Å². The van der Waals surface area contributed by atoms with Crippen molar-refractivity contribution < 1.29 is 9.53 Å². The molecule has 1 fully saturated rings. The Morgan fingerprint density at radius 2 is 1.97 bits per heavy atom. The summed E-state index contributed by atoms with van der Waals surface area (Å²) in [6.07, 6.45) is 5.48. The Bertz CT molecular complexity index is 1030. The van der Waals surface area contributed by atoms with Crippen molar-refractivity contribution in [2.45, 2.75) is 46.3 Å². The number of hydrogen-bond donors (Lipinski definition) is 0. The molecule has 0 saturated carbocycles. The van der Waals surface area contributed by atoms with Crippen LogP contribution in [0.15, 0.2) is 42.7 Å². The third-order valence-corrected chi connectivity index (χ3v) is 5.80. The van der Waals surface area contributed by atoms with Crippen LogP contribution in [0.25, 0.3) is 10.9 Å². The fourth-order valence-electron chi connectivity index (χ4n) is 3.93. The van der Waals surface area contributed by atoms with Crippen molar-refractivity contribution in [1.29, 1.82) is 0 Å². The van der Waals surface area contributed by atoms with Gasteiger partial charge in [0.25, 0.3) is 5.91 Å². The summed E-state index contributed by atoms with van der Waals surface area (Å²) in [7, 11) is 0. The molecule has 0 aliphatic carbocycles. The molecule has 2 aromatic heterocycles. The molecule has 1 saturated heterocycles. The summed E-state index contributed by atoms with van der Waals surface area (Å²) in [4.78, 5) is 24.1. The van der Waals surface area contributed by atoms with E-state index in [9.17, 15) is 4.79 Å². The van der Waals surface area contributed by atoms with Gasteiger partial charge in [0, 0.05) is 36.6 Å².